The number of rotatable bonds is 6. The number of thiazole rings is 1. The van der Waals surface area contributed by atoms with E-state index >= 15 is 0 Å². The molecule has 0 radical (unpaired) electrons. The van der Waals surface area contributed by atoms with Crippen LogP contribution in [-0.4, -0.2) is 41.2 Å². The number of anilines is 2. The third kappa shape index (κ3) is 7.28. The Kier molecular flexibility index (Phi) is 9.45. The van der Waals surface area contributed by atoms with Crippen molar-refractivity contribution in [2.45, 2.75) is 0 Å². The van der Waals surface area contributed by atoms with Crippen LogP contribution in [0.2, 0.25) is 0 Å². The third-order valence-electron chi connectivity index (χ3n) is 5.15. The molecule has 1 heterocycles. The number of halogens is 2. The van der Waals surface area contributed by atoms with E-state index in [-0.39, 0.29) is 22.0 Å². The second kappa shape index (κ2) is 12.8. The minimum absolute atomic E-state index is 0.110. The van der Waals surface area contributed by atoms with E-state index in [0.717, 1.165) is 10.2 Å². The van der Waals surface area contributed by atoms with Crippen LogP contribution in [0.25, 0.3) is 10.2 Å². The molecule has 0 saturated heterocycles. The van der Waals surface area contributed by atoms with Crippen LogP contribution in [-0.2, 0) is 0 Å². The van der Waals surface area contributed by atoms with Gasteiger partial charge in [0.05, 0.1) is 33.4 Å². The summed E-state index contributed by atoms with van der Waals surface area (Å²) >= 11 is 18.7. The van der Waals surface area contributed by atoms with Crippen molar-refractivity contribution in [2.75, 3.05) is 24.9 Å². The minimum atomic E-state index is -0.374. The van der Waals surface area contributed by atoms with Crippen LogP contribution < -0.4 is 30.7 Å². The number of ether oxygens (including phenoxy) is 2. The Bertz CT molecular complexity index is 1530. The average molecular weight is 709 g/mol. The summed E-state index contributed by atoms with van der Waals surface area (Å²) in [7, 11) is 3.10. The minimum Gasteiger partial charge on any atom is -0.496 e. The number of nitrogens with one attached hydrogen (secondary N) is 4. The van der Waals surface area contributed by atoms with Gasteiger partial charge in [-0.05, 0) is 111 Å². The smallest absolute Gasteiger partial charge is 0.257 e. The Morgan fingerprint density at radius 2 is 1.33 bits per heavy atom. The van der Waals surface area contributed by atoms with Gasteiger partial charge in [0.2, 0.25) is 0 Å². The third-order valence-corrected chi connectivity index (χ3v) is 7.73. The topological polar surface area (TPSA) is 114 Å². The summed E-state index contributed by atoms with van der Waals surface area (Å²) < 4.78 is 12.5. The first-order valence-electron chi connectivity index (χ1n) is 11.0. The molecule has 39 heavy (non-hydrogen) atoms. The van der Waals surface area contributed by atoms with Crippen molar-refractivity contribution in [3.8, 4) is 11.5 Å². The fourth-order valence-electron chi connectivity index (χ4n) is 3.31. The molecule has 4 N–H and O–H groups in total. The van der Waals surface area contributed by atoms with Crippen molar-refractivity contribution in [1.29, 1.82) is 0 Å². The van der Waals surface area contributed by atoms with Gasteiger partial charge in [0.1, 0.15) is 11.5 Å². The number of thiocarbonyl (C=S) groups is 2. The molecule has 0 atom stereocenters. The van der Waals surface area contributed by atoms with E-state index in [1.54, 1.807) is 62.8 Å². The molecule has 4 rings (SSSR count). The lowest BCUT2D eigenvalue weighted by molar-refractivity contribution is 0.0969. The standard InChI is InChI=1S/C25H19Br2N5O4S3/c1-35-18-7-3-12(9-15(18)26)21(33)30-23(37)28-14-5-6-17-20(11-14)39-25(29-17)32-24(38)31-22(34)13-4-8-19(36-2)16(27)10-13/h3-11H,1-2H3,(H2,28,30,33,37)(H2,29,31,32,34,38). The molecule has 4 aromatic rings. The van der Waals surface area contributed by atoms with E-state index in [0.29, 0.717) is 42.4 Å². The molecule has 1 aromatic heterocycles. The van der Waals surface area contributed by atoms with Crippen molar-refractivity contribution in [3.05, 3.63) is 74.7 Å². The van der Waals surface area contributed by atoms with Crippen molar-refractivity contribution in [3.63, 3.8) is 0 Å². The molecular weight excluding hydrogens is 690 g/mol. The van der Waals surface area contributed by atoms with Gasteiger partial charge >= 0.3 is 0 Å². The average Bonchev–Trinajstić information content (AvgIpc) is 3.29. The van der Waals surface area contributed by atoms with E-state index in [4.69, 9.17) is 33.9 Å². The normalized spacial score (nSPS) is 10.5. The zero-order valence-electron chi connectivity index (χ0n) is 20.3. The second-order valence-corrected chi connectivity index (χ2v) is 11.3. The molecule has 0 unspecified atom stereocenters. The Morgan fingerprint density at radius 1 is 0.795 bits per heavy atom. The molecule has 0 fully saturated rings. The first-order chi connectivity index (χ1) is 18.7. The van der Waals surface area contributed by atoms with Crippen LogP contribution in [0, 0.1) is 0 Å². The first-order valence-corrected chi connectivity index (χ1v) is 14.2. The van der Waals surface area contributed by atoms with Crippen LogP contribution in [0.3, 0.4) is 0 Å². The SMILES string of the molecule is COc1ccc(C(=O)NC(=S)Nc2ccc3nc(NC(=S)NC(=O)c4ccc(OC)c(Br)c4)sc3c2)cc1Br. The fraction of sp³-hybridized carbons (Fsp3) is 0.0800. The number of benzene rings is 3. The van der Waals surface area contributed by atoms with Crippen LogP contribution in [0.15, 0.2) is 63.5 Å². The predicted molar refractivity (Wildman–Crippen MR) is 168 cm³/mol. The molecule has 0 bridgehead atoms. The highest BCUT2D eigenvalue weighted by Crippen LogP contribution is 2.29. The van der Waals surface area contributed by atoms with Gasteiger partial charge in [0.25, 0.3) is 11.8 Å². The maximum Gasteiger partial charge on any atom is 0.257 e. The molecule has 0 aliphatic carbocycles. The Morgan fingerprint density at radius 3 is 1.85 bits per heavy atom. The Balaban J connectivity index is 1.36. The first kappa shape index (κ1) is 28.8. The van der Waals surface area contributed by atoms with Crippen molar-refractivity contribution in [2.24, 2.45) is 0 Å². The molecule has 9 nitrogen and oxygen atoms in total. The Labute approximate surface area is 254 Å². The van der Waals surface area contributed by atoms with Crippen molar-refractivity contribution in [1.82, 2.24) is 15.6 Å². The van der Waals surface area contributed by atoms with Gasteiger partial charge in [-0.3, -0.25) is 20.2 Å². The maximum absolute atomic E-state index is 12.6. The quantitative estimate of drug-likeness (QED) is 0.177. The summed E-state index contributed by atoms with van der Waals surface area (Å²) in [6, 6.07) is 15.4. The molecule has 0 aliphatic heterocycles. The lowest BCUT2D eigenvalue weighted by atomic mass is 10.2. The lowest BCUT2D eigenvalue weighted by Gasteiger charge is -2.10. The molecule has 3 aromatic carbocycles. The number of carbonyl (C=O) groups is 2. The number of nitrogens with zero attached hydrogens (tertiary/aromatic N) is 1. The van der Waals surface area contributed by atoms with Gasteiger partial charge in [-0.1, -0.05) is 11.3 Å². The highest BCUT2D eigenvalue weighted by atomic mass is 79.9. The molecule has 0 spiro atoms. The van der Waals surface area contributed by atoms with Gasteiger partial charge in [-0.15, -0.1) is 0 Å². The van der Waals surface area contributed by atoms with Crippen LogP contribution in [0.1, 0.15) is 20.7 Å². The highest BCUT2D eigenvalue weighted by molar-refractivity contribution is 9.11. The number of fused-ring (bicyclic) bond motifs is 1. The number of amides is 2. The summed E-state index contributed by atoms with van der Waals surface area (Å²) in [5, 5.41) is 12.0. The van der Waals surface area contributed by atoms with Crippen LogP contribution in [0.4, 0.5) is 10.8 Å². The number of hydrogen-bond acceptors (Lipinski definition) is 8. The van der Waals surface area contributed by atoms with Crippen LogP contribution in [0.5, 0.6) is 11.5 Å². The van der Waals surface area contributed by atoms with E-state index < -0.39 is 0 Å². The van der Waals surface area contributed by atoms with Gasteiger partial charge in [0, 0.05) is 16.8 Å². The fourth-order valence-corrected chi connectivity index (χ4v) is 5.77. The van der Waals surface area contributed by atoms with Crippen molar-refractivity contribution < 1.29 is 19.1 Å². The molecule has 14 heteroatoms. The number of methoxy groups -OCH3 is 2. The summed E-state index contributed by atoms with van der Waals surface area (Å²) in [6.07, 6.45) is 0. The number of hydrogen-bond donors (Lipinski definition) is 4. The van der Waals surface area contributed by atoms with E-state index in [1.807, 2.05) is 6.07 Å². The van der Waals surface area contributed by atoms with Crippen molar-refractivity contribution >= 4 is 111 Å². The zero-order chi connectivity index (χ0) is 28.1. The number of carbonyl (C=O) groups excluding carboxylic acids is 2. The van der Waals surface area contributed by atoms with Gasteiger partial charge in [-0.25, -0.2) is 4.98 Å². The van der Waals surface area contributed by atoms with E-state index in [9.17, 15) is 9.59 Å². The number of aromatic nitrogens is 1. The molecule has 0 aliphatic rings. The Hall–Kier alpha value is -3.17. The molecule has 200 valence electrons. The second-order valence-electron chi connectivity index (χ2n) is 7.72. The summed E-state index contributed by atoms with van der Waals surface area (Å²) in [6.45, 7) is 0. The summed E-state index contributed by atoms with van der Waals surface area (Å²) in [5.74, 6) is 0.497. The van der Waals surface area contributed by atoms with Gasteiger partial charge in [-0.2, -0.15) is 0 Å². The molecular formula is C25H19Br2N5O4S3. The van der Waals surface area contributed by atoms with E-state index in [1.165, 1.54) is 11.3 Å². The largest absolute Gasteiger partial charge is 0.496 e. The predicted octanol–water partition coefficient (Wildman–Crippen LogP) is 6.09. The molecule has 0 saturated carbocycles. The zero-order valence-corrected chi connectivity index (χ0v) is 25.9. The summed E-state index contributed by atoms with van der Waals surface area (Å²) in [5.41, 5.74) is 2.22. The lowest BCUT2D eigenvalue weighted by Crippen LogP contribution is -2.34. The monoisotopic (exact) mass is 707 g/mol. The van der Waals surface area contributed by atoms with Gasteiger partial charge in [0.15, 0.2) is 15.4 Å². The van der Waals surface area contributed by atoms with Crippen LogP contribution >= 0.6 is 67.6 Å². The summed E-state index contributed by atoms with van der Waals surface area (Å²) in [4.78, 5) is 29.6. The van der Waals surface area contributed by atoms with E-state index in [2.05, 4.69) is 58.1 Å². The maximum atomic E-state index is 12.6. The molecule has 2 amide bonds. The highest BCUT2D eigenvalue weighted by Gasteiger charge is 2.14. The van der Waals surface area contributed by atoms with Gasteiger partial charge < -0.3 is 20.1 Å².